The minimum Gasteiger partial charge on any atom is -0.294 e. The van der Waals surface area contributed by atoms with Crippen molar-refractivity contribution in [2.24, 2.45) is 0 Å². The lowest BCUT2D eigenvalue weighted by Gasteiger charge is -2.01. The van der Waals surface area contributed by atoms with E-state index in [4.69, 9.17) is 0 Å². The van der Waals surface area contributed by atoms with Gasteiger partial charge < -0.3 is 0 Å². The summed E-state index contributed by atoms with van der Waals surface area (Å²) in [6.07, 6.45) is 0.453. The molecule has 0 saturated heterocycles. The minimum absolute atomic E-state index is 0.172. The molecule has 1 aromatic carbocycles. The van der Waals surface area contributed by atoms with Crippen LogP contribution in [0.25, 0.3) is 0 Å². The Kier molecular flexibility index (Phi) is 4.16. The van der Waals surface area contributed by atoms with Crippen LogP contribution in [0.4, 0.5) is 0 Å². The number of halogens is 2. The topological polar surface area (TPSA) is 17.1 Å². The van der Waals surface area contributed by atoms with E-state index in [2.05, 4.69) is 38.5 Å². The maximum absolute atomic E-state index is 12.0. The lowest BCUT2D eigenvalue weighted by Crippen LogP contribution is -2.02. The summed E-state index contributed by atoms with van der Waals surface area (Å²) in [5, 5.41) is 1.92. The fourth-order valence-corrected chi connectivity index (χ4v) is 3.15. The first-order valence-corrected chi connectivity index (χ1v) is 7.42. The summed E-state index contributed by atoms with van der Waals surface area (Å²) >= 11 is 7.28. The highest BCUT2D eigenvalue weighted by Gasteiger charge is 2.10. The van der Waals surface area contributed by atoms with Crippen LogP contribution in [0.1, 0.15) is 15.9 Å². The molecule has 0 aliphatic heterocycles. The molecule has 82 valence electrons. The number of hydrogen-bond donors (Lipinski definition) is 0. The summed E-state index contributed by atoms with van der Waals surface area (Å²) in [6, 6.07) is 9.76. The zero-order chi connectivity index (χ0) is 11.5. The molecule has 1 aromatic heterocycles. The van der Waals surface area contributed by atoms with Crippen molar-refractivity contribution in [3.05, 3.63) is 54.2 Å². The maximum Gasteiger partial charge on any atom is 0.168 e. The number of carbonyl (C=O) groups excluding carboxylic acids is 1. The molecule has 16 heavy (non-hydrogen) atoms. The first-order valence-electron chi connectivity index (χ1n) is 4.67. The molecule has 1 nitrogen and oxygen atoms in total. The molecule has 0 radical (unpaired) electrons. The van der Waals surface area contributed by atoms with Crippen molar-refractivity contribution >= 4 is 55.6 Å². The molecule has 0 aliphatic carbocycles. The number of carbonyl (C=O) groups is 1. The van der Waals surface area contributed by atoms with Gasteiger partial charge in [0.1, 0.15) is 0 Å². The predicted octanol–water partition coefficient (Wildman–Crippen LogP) is 4.54. The van der Waals surface area contributed by atoms with Crippen molar-refractivity contribution in [2.45, 2.75) is 6.42 Å². The average molecular weight is 407 g/mol. The number of Topliss-reactive ketones (excluding diaryl/α,β-unsaturated/α-hetero) is 1. The van der Waals surface area contributed by atoms with E-state index in [1.54, 1.807) is 11.3 Å². The van der Waals surface area contributed by atoms with Gasteiger partial charge in [0.25, 0.3) is 0 Å². The van der Waals surface area contributed by atoms with Crippen LogP contribution in [0.5, 0.6) is 0 Å². The van der Waals surface area contributed by atoms with Crippen LogP contribution < -0.4 is 0 Å². The monoisotopic (exact) mass is 406 g/mol. The van der Waals surface area contributed by atoms with E-state index >= 15 is 0 Å². The summed E-state index contributed by atoms with van der Waals surface area (Å²) in [7, 11) is 0. The molecule has 2 aromatic rings. The van der Waals surface area contributed by atoms with Gasteiger partial charge in [-0.3, -0.25) is 4.79 Å². The first-order chi connectivity index (χ1) is 7.66. The summed E-state index contributed by atoms with van der Waals surface area (Å²) < 4.78 is 2.14. The third-order valence-electron chi connectivity index (χ3n) is 2.20. The van der Waals surface area contributed by atoms with Crippen molar-refractivity contribution in [1.82, 2.24) is 0 Å². The predicted molar refractivity (Wildman–Crippen MR) is 79.2 cm³/mol. The molecular weight excluding hydrogens is 399 g/mol. The van der Waals surface area contributed by atoms with E-state index in [0.29, 0.717) is 6.42 Å². The van der Waals surface area contributed by atoms with Crippen LogP contribution in [-0.2, 0) is 6.42 Å². The summed E-state index contributed by atoms with van der Waals surface area (Å²) in [6.45, 7) is 0. The quantitative estimate of drug-likeness (QED) is 0.540. The molecule has 0 saturated carbocycles. The van der Waals surface area contributed by atoms with Crippen LogP contribution >= 0.6 is 49.9 Å². The molecule has 0 bridgehead atoms. The number of benzene rings is 1. The molecule has 1 heterocycles. The third-order valence-corrected chi connectivity index (χ3v) is 4.76. The highest BCUT2D eigenvalue weighted by Crippen LogP contribution is 2.21. The van der Waals surface area contributed by atoms with Gasteiger partial charge in [-0.15, -0.1) is 11.3 Å². The zero-order valence-electron chi connectivity index (χ0n) is 8.24. The van der Waals surface area contributed by atoms with Gasteiger partial charge in [-0.25, -0.2) is 0 Å². The van der Waals surface area contributed by atoms with Crippen LogP contribution in [0, 0.1) is 2.88 Å². The standard InChI is InChI=1S/C12H8BrIOS/c13-10-4-2-1-3-8(10)5-11(15)9-6-12(14)16-7-9/h1-4,6-7H,5H2. The molecule has 0 N–H and O–H groups in total. The largest absolute Gasteiger partial charge is 0.294 e. The molecule has 0 amide bonds. The van der Waals surface area contributed by atoms with E-state index < -0.39 is 0 Å². The Morgan fingerprint density at radius 2 is 2.12 bits per heavy atom. The van der Waals surface area contributed by atoms with Crippen molar-refractivity contribution in [3.63, 3.8) is 0 Å². The Balaban J connectivity index is 2.17. The molecule has 2 rings (SSSR count). The molecular formula is C12H8BrIOS. The van der Waals surface area contributed by atoms with Gasteiger partial charge in [-0.1, -0.05) is 34.1 Å². The Labute approximate surface area is 120 Å². The number of ketones is 1. The fourth-order valence-electron chi connectivity index (χ4n) is 1.37. The summed E-state index contributed by atoms with van der Waals surface area (Å²) in [5.74, 6) is 0.172. The van der Waals surface area contributed by atoms with Crippen LogP contribution in [0.15, 0.2) is 40.2 Å². The van der Waals surface area contributed by atoms with Crippen LogP contribution in [-0.4, -0.2) is 5.78 Å². The second kappa shape index (κ2) is 5.42. The fraction of sp³-hybridized carbons (Fsp3) is 0.0833. The molecule has 0 unspecified atom stereocenters. The van der Waals surface area contributed by atoms with Crippen LogP contribution in [0.2, 0.25) is 0 Å². The Hall–Kier alpha value is -0.200. The van der Waals surface area contributed by atoms with E-state index in [-0.39, 0.29) is 5.78 Å². The SMILES string of the molecule is O=C(Cc1ccccc1Br)c1csc(I)c1. The van der Waals surface area contributed by atoms with Gasteiger partial charge in [0.2, 0.25) is 0 Å². The molecule has 4 heteroatoms. The Morgan fingerprint density at radius 1 is 1.38 bits per heavy atom. The zero-order valence-corrected chi connectivity index (χ0v) is 12.8. The molecule has 0 fully saturated rings. The van der Waals surface area contributed by atoms with Gasteiger partial charge >= 0.3 is 0 Å². The van der Waals surface area contributed by atoms with Crippen molar-refractivity contribution in [3.8, 4) is 0 Å². The third kappa shape index (κ3) is 2.93. The van der Waals surface area contributed by atoms with Gasteiger partial charge in [-0.2, -0.15) is 0 Å². The van der Waals surface area contributed by atoms with E-state index in [9.17, 15) is 4.79 Å². The second-order valence-electron chi connectivity index (χ2n) is 3.33. The Morgan fingerprint density at radius 3 is 2.75 bits per heavy atom. The maximum atomic E-state index is 12.0. The number of hydrogen-bond acceptors (Lipinski definition) is 2. The van der Waals surface area contributed by atoms with Crippen molar-refractivity contribution in [2.75, 3.05) is 0 Å². The normalized spacial score (nSPS) is 10.4. The van der Waals surface area contributed by atoms with Crippen molar-refractivity contribution < 1.29 is 4.79 Å². The van der Waals surface area contributed by atoms with E-state index in [1.165, 1.54) is 0 Å². The molecule has 0 atom stereocenters. The average Bonchev–Trinajstić information content (AvgIpc) is 2.68. The minimum atomic E-state index is 0.172. The van der Waals surface area contributed by atoms with E-state index in [1.807, 2.05) is 35.7 Å². The molecule has 0 aliphatic rings. The Bertz CT molecular complexity index is 521. The number of thiophene rings is 1. The van der Waals surface area contributed by atoms with Crippen LogP contribution in [0.3, 0.4) is 0 Å². The second-order valence-corrected chi connectivity index (χ2v) is 6.99. The summed E-state index contributed by atoms with van der Waals surface area (Å²) in [4.78, 5) is 12.0. The van der Waals surface area contributed by atoms with E-state index in [0.717, 1.165) is 18.5 Å². The lowest BCUT2D eigenvalue weighted by molar-refractivity contribution is 0.0993. The van der Waals surface area contributed by atoms with Gasteiger partial charge in [-0.05, 0) is 40.3 Å². The molecule has 0 spiro atoms. The van der Waals surface area contributed by atoms with Gasteiger partial charge in [0.05, 0.1) is 2.88 Å². The highest BCUT2D eigenvalue weighted by atomic mass is 127. The smallest absolute Gasteiger partial charge is 0.168 e. The van der Waals surface area contributed by atoms with Gasteiger partial charge in [0, 0.05) is 21.8 Å². The first kappa shape index (κ1) is 12.3. The number of rotatable bonds is 3. The highest BCUT2D eigenvalue weighted by molar-refractivity contribution is 14.1. The van der Waals surface area contributed by atoms with Gasteiger partial charge in [0.15, 0.2) is 5.78 Å². The van der Waals surface area contributed by atoms with Crippen molar-refractivity contribution in [1.29, 1.82) is 0 Å². The summed E-state index contributed by atoms with van der Waals surface area (Å²) in [5.41, 5.74) is 1.85. The lowest BCUT2D eigenvalue weighted by atomic mass is 10.1.